The van der Waals surface area contributed by atoms with Crippen LogP contribution in [-0.4, -0.2) is 28.8 Å². The van der Waals surface area contributed by atoms with Crippen LogP contribution in [0, 0.1) is 12.7 Å². The molecule has 0 aliphatic carbocycles. The summed E-state index contributed by atoms with van der Waals surface area (Å²) in [5, 5.41) is 2.90. The number of nitrogens with one attached hydrogen (secondary N) is 1. The summed E-state index contributed by atoms with van der Waals surface area (Å²) in [6.07, 6.45) is 0. The van der Waals surface area contributed by atoms with Crippen LogP contribution in [-0.2, 0) is 16.1 Å². The second-order valence-electron chi connectivity index (χ2n) is 5.33. The summed E-state index contributed by atoms with van der Waals surface area (Å²) in [6.45, 7) is 5.58. The van der Waals surface area contributed by atoms with Crippen LogP contribution in [0.4, 0.5) is 4.39 Å². The fourth-order valence-electron chi connectivity index (χ4n) is 2.09. The van der Waals surface area contributed by atoms with Crippen LogP contribution in [0.1, 0.15) is 25.0 Å². The van der Waals surface area contributed by atoms with Crippen LogP contribution >= 0.6 is 0 Å². The van der Waals surface area contributed by atoms with Gasteiger partial charge >= 0.3 is 0 Å². The van der Waals surface area contributed by atoms with E-state index in [-0.39, 0.29) is 30.7 Å². The van der Waals surface area contributed by atoms with Gasteiger partial charge in [-0.15, -0.1) is 0 Å². The van der Waals surface area contributed by atoms with Crippen molar-refractivity contribution in [2.75, 3.05) is 6.54 Å². The molecule has 5 heteroatoms. The molecule has 0 spiro atoms. The van der Waals surface area contributed by atoms with E-state index in [0.29, 0.717) is 0 Å². The largest absolute Gasteiger partial charge is 0.295 e. The highest BCUT2D eigenvalue weighted by atomic mass is 19.1. The monoisotopic (exact) mass is 264 g/mol. The fraction of sp³-hybridized carbons (Fsp3) is 0.429. The van der Waals surface area contributed by atoms with Crippen molar-refractivity contribution in [2.24, 2.45) is 0 Å². The van der Waals surface area contributed by atoms with E-state index in [1.807, 2.05) is 0 Å². The van der Waals surface area contributed by atoms with E-state index < -0.39 is 5.54 Å². The van der Waals surface area contributed by atoms with Gasteiger partial charge in [0.2, 0.25) is 11.8 Å². The first-order valence-corrected chi connectivity index (χ1v) is 6.16. The standard InChI is InChI=1S/C14H17FN2O2/c1-9-6-11(15)5-4-10(9)8-17-12(18)7-16-14(2,3)13(17)19/h4-6,16H,7-8H2,1-3H3. The molecule has 2 rings (SSSR count). The van der Waals surface area contributed by atoms with Gasteiger partial charge < -0.3 is 0 Å². The van der Waals surface area contributed by atoms with Crippen molar-refractivity contribution in [2.45, 2.75) is 32.9 Å². The van der Waals surface area contributed by atoms with E-state index in [1.165, 1.54) is 17.0 Å². The summed E-state index contributed by atoms with van der Waals surface area (Å²) in [6, 6.07) is 4.35. The van der Waals surface area contributed by atoms with Crippen LogP contribution in [0.2, 0.25) is 0 Å². The average Bonchev–Trinajstić information content (AvgIpc) is 2.33. The highest BCUT2D eigenvalue weighted by Crippen LogP contribution is 2.18. The Labute approximate surface area is 111 Å². The first-order valence-electron chi connectivity index (χ1n) is 6.16. The van der Waals surface area contributed by atoms with E-state index in [4.69, 9.17) is 0 Å². The number of carbonyl (C=O) groups excluding carboxylic acids is 2. The Morgan fingerprint density at radius 3 is 2.68 bits per heavy atom. The Hall–Kier alpha value is -1.75. The summed E-state index contributed by atoms with van der Waals surface area (Å²) in [5.41, 5.74) is 0.764. The van der Waals surface area contributed by atoms with Crippen molar-refractivity contribution < 1.29 is 14.0 Å². The molecular formula is C14H17FN2O2. The average molecular weight is 264 g/mol. The van der Waals surface area contributed by atoms with Gasteiger partial charge in [-0.3, -0.25) is 19.8 Å². The molecule has 1 saturated heterocycles. The zero-order valence-corrected chi connectivity index (χ0v) is 11.3. The van der Waals surface area contributed by atoms with Crippen molar-refractivity contribution in [1.82, 2.24) is 10.2 Å². The molecule has 0 atom stereocenters. The van der Waals surface area contributed by atoms with E-state index in [2.05, 4.69) is 5.32 Å². The number of rotatable bonds is 2. The van der Waals surface area contributed by atoms with Crippen molar-refractivity contribution in [3.63, 3.8) is 0 Å². The Kier molecular flexibility index (Phi) is 3.41. The van der Waals surface area contributed by atoms with Gasteiger partial charge in [-0.2, -0.15) is 0 Å². The Morgan fingerprint density at radius 2 is 2.05 bits per heavy atom. The van der Waals surface area contributed by atoms with Gasteiger partial charge in [-0.25, -0.2) is 4.39 Å². The van der Waals surface area contributed by atoms with Crippen LogP contribution < -0.4 is 5.32 Å². The van der Waals surface area contributed by atoms with Gasteiger partial charge in [0.05, 0.1) is 18.6 Å². The molecule has 0 unspecified atom stereocenters. The highest BCUT2D eigenvalue weighted by Gasteiger charge is 2.39. The molecule has 19 heavy (non-hydrogen) atoms. The van der Waals surface area contributed by atoms with Crippen LogP contribution in [0.15, 0.2) is 18.2 Å². The van der Waals surface area contributed by atoms with Gasteiger partial charge in [0.25, 0.3) is 0 Å². The minimum absolute atomic E-state index is 0.138. The first kappa shape index (κ1) is 13.7. The lowest BCUT2D eigenvalue weighted by molar-refractivity contribution is -0.153. The lowest BCUT2D eigenvalue weighted by Gasteiger charge is -2.36. The third-order valence-corrected chi connectivity index (χ3v) is 3.40. The number of imide groups is 1. The zero-order valence-electron chi connectivity index (χ0n) is 11.3. The number of halogens is 1. The number of hydrogen-bond acceptors (Lipinski definition) is 3. The van der Waals surface area contributed by atoms with Crippen molar-refractivity contribution in [3.05, 3.63) is 35.1 Å². The maximum Gasteiger partial charge on any atom is 0.249 e. The SMILES string of the molecule is Cc1cc(F)ccc1CN1C(=O)CNC(C)(C)C1=O. The molecule has 1 aromatic rings. The molecule has 0 bridgehead atoms. The molecule has 1 aliphatic rings. The normalized spacial score (nSPS) is 18.8. The second-order valence-corrected chi connectivity index (χ2v) is 5.33. The predicted octanol–water partition coefficient (Wildman–Crippen LogP) is 1.37. The Bertz CT molecular complexity index is 540. The highest BCUT2D eigenvalue weighted by molar-refractivity contribution is 6.02. The molecule has 1 aliphatic heterocycles. The summed E-state index contributed by atoms with van der Waals surface area (Å²) in [7, 11) is 0. The van der Waals surface area contributed by atoms with E-state index >= 15 is 0 Å². The van der Waals surface area contributed by atoms with Crippen molar-refractivity contribution >= 4 is 11.8 Å². The summed E-state index contributed by atoms with van der Waals surface area (Å²) >= 11 is 0. The fourth-order valence-corrected chi connectivity index (χ4v) is 2.09. The molecule has 0 saturated carbocycles. The number of hydrogen-bond donors (Lipinski definition) is 1. The molecule has 1 aromatic carbocycles. The topological polar surface area (TPSA) is 49.4 Å². The van der Waals surface area contributed by atoms with Crippen molar-refractivity contribution in [1.29, 1.82) is 0 Å². The van der Waals surface area contributed by atoms with Gasteiger partial charge in [-0.05, 0) is 44.0 Å². The van der Waals surface area contributed by atoms with Gasteiger partial charge in [-0.1, -0.05) is 6.07 Å². The minimum Gasteiger partial charge on any atom is -0.295 e. The lowest BCUT2D eigenvalue weighted by atomic mass is 9.99. The third kappa shape index (κ3) is 2.66. The third-order valence-electron chi connectivity index (χ3n) is 3.40. The Morgan fingerprint density at radius 1 is 1.37 bits per heavy atom. The summed E-state index contributed by atoms with van der Waals surface area (Å²) < 4.78 is 13.0. The van der Waals surface area contributed by atoms with Crippen LogP contribution in [0.5, 0.6) is 0 Å². The van der Waals surface area contributed by atoms with Gasteiger partial charge in [0, 0.05) is 0 Å². The maximum absolute atomic E-state index is 13.0. The molecule has 2 amide bonds. The predicted molar refractivity (Wildman–Crippen MR) is 68.8 cm³/mol. The smallest absolute Gasteiger partial charge is 0.249 e. The van der Waals surface area contributed by atoms with Crippen LogP contribution in [0.25, 0.3) is 0 Å². The molecule has 4 nitrogen and oxygen atoms in total. The number of aryl methyl sites for hydroxylation is 1. The van der Waals surface area contributed by atoms with Gasteiger partial charge in [0.1, 0.15) is 5.82 Å². The summed E-state index contributed by atoms with van der Waals surface area (Å²) in [4.78, 5) is 25.3. The van der Waals surface area contributed by atoms with E-state index in [1.54, 1.807) is 26.8 Å². The molecule has 0 radical (unpaired) electrons. The maximum atomic E-state index is 13.0. The molecule has 102 valence electrons. The van der Waals surface area contributed by atoms with E-state index in [9.17, 15) is 14.0 Å². The minimum atomic E-state index is -0.748. The van der Waals surface area contributed by atoms with E-state index in [0.717, 1.165) is 11.1 Å². The Balaban J connectivity index is 2.25. The van der Waals surface area contributed by atoms with Crippen LogP contribution in [0.3, 0.4) is 0 Å². The quantitative estimate of drug-likeness (QED) is 0.821. The summed E-state index contributed by atoms with van der Waals surface area (Å²) in [5.74, 6) is -0.833. The first-order chi connectivity index (χ1) is 8.81. The molecule has 1 N–H and O–H groups in total. The number of nitrogens with zero attached hydrogens (tertiary/aromatic N) is 1. The molecule has 0 aromatic heterocycles. The lowest BCUT2D eigenvalue weighted by Crippen LogP contribution is -2.63. The van der Waals surface area contributed by atoms with Gasteiger partial charge in [0.15, 0.2) is 0 Å². The number of amides is 2. The second kappa shape index (κ2) is 4.74. The zero-order chi connectivity index (χ0) is 14.2. The van der Waals surface area contributed by atoms with Crippen molar-refractivity contribution in [3.8, 4) is 0 Å². The molecule has 1 fully saturated rings. The molecular weight excluding hydrogens is 247 g/mol. The number of benzene rings is 1. The number of carbonyl (C=O) groups is 2. The number of piperazine rings is 1. The molecule has 1 heterocycles.